The lowest BCUT2D eigenvalue weighted by Crippen LogP contribution is -2.24. The van der Waals surface area contributed by atoms with Crippen molar-refractivity contribution in [3.05, 3.63) is 59.1 Å². The summed E-state index contributed by atoms with van der Waals surface area (Å²) in [5.74, 6) is 1.00. The van der Waals surface area contributed by atoms with Crippen LogP contribution in [-0.2, 0) is 6.54 Å². The Hall–Kier alpha value is -2.14. The van der Waals surface area contributed by atoms with Gasteiger partial charge in [0.05, 0.1) is 12.0 Å². The normalized spacial score (nSPS) is 12.6. The van der Waals surface area contributed by atoms with Crippen molar-refractivity contribution in [1.82, 2.24) is 14.9 Å². The largest absolute Gasteiger partial charge is 0.370 e. The van der Waals surface area contributed by atoms with E-state index in [1.807, 2.05) is 18.7 Å². The standard InChI is InChI=1S/C19H19BrN4/c20-16-7-8-17-18-14(16)5-4-6-15(18)19(23-17)22-9-2-1-3-11-24-12-10-21-13-24/h4-8,10,12-13H,1-3,9,11H2,(H,22,23). The Bertz CT molecular complexity index is 884. The SMILES string of the molecule is Brc1ccc2c3c(cccc13)C(NCCCCCn1ccnc1)=N2. The number of nitrogens with zero attached hydrogens (tertiary/aromatic N) is 3. The summed E-state index contributed by atoms with van der Waals surface area (Å²) in [6, 6.07) is 10.5. The molecule has 0 saturated carbocycles. The molecule has 1 N–H and O–H groups in total. The third kappa shape index (κ3) is 2.96. The maximum absolute atomic E-state index is 4.77. The maximum atomic E-state index is 4.77. The Morgan fingerprint density at radius 3 is 2.92 bits per heavy atom. The number of amidine groups is 1. The first-order chi connectivity index (χ1) is 11.8. The highest BCUT2D eigenvalue weighted by molar-refractivity contribution is 9.10. The third-order valence-corrected chi connectivity index (χ3v) is 5.09. The first-order valence-corrected chi connectivity index (χ1v) is 9.12. The molecule has 3 aromatic rings. The molecule has 122 valence electrons. The summed E-state index contributed by atoms with van der Waals surface area (Å²) < 4.78 is 3.25. The first-order valence-electron chi connectivity index (χ1n) is 8.33. The molecule has 1 aliphatic rings. The van der Waals surface area contributed by atoms with Crippen molar-refractivity contribution in [1.29, 1.82) is 0 Å². The maximum Gasteiger partial charge on any atom is 0.134 e. The van der Waals surface area contributed by atoms with Crippen molar-refractivity contribution >= 4 is 38.2 Å². The van der Waals surface area contributed by atoms with Gasteiger partial charge in [-0.1, -0.05) is 34.1 Å². The summed E-state index contributed by atoms with van der Waals surface area (Å²) in [4.78, 5) is 8.83. The van der Waals surface area contributed by atoms with Gasteiger partial charge < -0.3 is 9.88 Å². The van der Waals surface area contributed by atoms with Crippen molar-refractivity contribution in [2.24, 2.45) is 4.99 Å². The van der Waals surface area contributed by atoms with Crippen LogP contribution in [0.15, 0.2) is 58.5 Å². The number of unbranched alkanes of at least 4 members (excludes halogenated alkanes) is 2. The van der Waals surface area contributed by atoms with Crippen LogP contribution >= 0.6 is 15.9 Å². The molecule has 24 heavy (non-hydrogen) atoms. The van der Waals surface area contributed by atoms with Crippen LogP contribution in [-0.4, -0.2) is 21.9 Å². The van der Waals surface area contributed by atoms with Crippen molar-refractivity contribution in [3.63, 3.8) is 0 Å². The van der Waals surface area contributed by atoms with E-state index in [0.29, 0.717) is 0 Å². The summed E-state index contributed by atoms with van der Waals surface area (Å²) in [6.07, 6.45) is 9.23. The highest BCUT2D eigenvalue weighted by Gasteiger charge is 2.18. The van der Waals surface area contributed by atoms with Gasteiger partial charge in [-0.2, -0.15) is 0 Å². The summed E-state index contributed by atoms with van der Waals surface area (Å²) in [5.41, 5.74) is 2.27. The fraction of sp³-hybridized carbons (Fsp3) is 0.263. The Morgan fingerprint density at radius 2 is 2.04 bits per heavy atom. The van der Waals surface area contributed by atoms with Crippen molar-refractivity contribution < 1.29 is 0 Å². The van der Waals surface area contributed by atoms with Crippen molar-refractivity contribution in [3.8, 4) is 0 Å². The molecule has 4 rings (SSSR count). The minimum Gasteiger partial charge on any atom is -0.370 e. The molecule has 5 heteroatoms. The molecule has 0 atom stereocenters. The van der Waals surface area contributed by atoms with Crippen LogP contribution in [0.25, 0.3) is 10.8 Å². The van der Waals surface area contributed by atoms with E-state index < -0.39 is 0 Å². The fourth-order valence-electron chi connectivity index (χ4n) is 3.18. The molecule has 0 radical (unpaired) electrons. The van der Waals surface area contributed by atoms with Gasteiger partial charge >= 0.3 is 0 Å². The van der Waals surface area contributed by atoms with Crippen LogP contribution in [0.5, 0.6) is 0 Å². The molecule has 1 aliphatic heterocycles. The predicted molar refractivity (Wildman–Crippen MR) is 102 cm³/mol. The van der Waals surface area contributed by atoms with Gasteiger partial charge in [-0.25, -0.2) is 9.98 Å². The zero-order valence-electron chi connectivity index (χ0n) is 13.4. The second-order valence-corrected chi connectivity index (χ2v) is 6.90. The molecule has 0 bridgehead atoms. The molecular formula is C19H19BrN4. The summed E-state index contributed by atoms with van der Waals surface area (Å²) in [5, 5.41) is 5.99. The molecule has 0 amide bonds. The van der Waals surface area contributed by atoms with Crippen LogP contribution in [0, 0.1) is 0 Å². The molecule has 0 aliphatic carbocycles. The molecule has 0 fully saturated rings. The molecule has 0 saturated heterocycles. The van der Waals surface area contributed by atoms with Gasteiger partial charge in [0.25, 0.3) is 0 Å². The number of aliphatic imine (C=N–C) groups is 1. The topological polar surface area (TPSA) is 42.2 Å². The Morgan fingerprint density at radius 1 is 1.08 bits per heavy atom. The van der Waals surface area contributed by atoms with E-state index in [2.05, 4.69) is 61.1 Å². The van der Waals surface area contributed by atoms with Gasteiger partial charge in [0.2, 0.25) is 0 Å². The van der Waals surface area contributed by atoms with E-state index >= 15 is 0 Å². The fourth-order valence-corrected chi connectivity index (χ4v) is 3.64. The van der Waals surface area contributed by atoms with Crippen LogP contribution in [0.4, 0.5) is 5.69 Å². The van der Waals surface area contributed by atoms with E-state index in [4.69, 9.17) is 4.99 Å². The van der Waals surface area contributed by atoms with Crippen molar-refractivity contribution in [2.45, 2.75) is 25.8 Å². The molecular weight excluding hydrogens is 364 g/mol. The van der Waals surface area contributed by atoms with Crippen LogP contribution in [0.3, 0.4) is 0 Å². The first kappa shape index (κ1) is 15.4. The molecule has 0 unspecified atom stereocenters. The summed E-state index contributed by atoms with van der Waals surface area (Å²) in [7, 11) is 0. The number of aryl methyl sites for hydroxylation is 1. The van der Waals surface area contributed by atoms with Crippen molar-refractivity contribution in [2.75, 3.05) is 6.54 Å². The quantitative estimate of drug-likeness (QED) is 0.630. The Kier molecular flexibility index (Phi) is 4.34. The number of imidazole rings is 1. The minimum atomic E-state index is 0.953. The predicted octanol–water partition coefficient (Wildman–Crippen LogP) is 4.65. The number of halogens is 1. The summed E-state index contributed by atoms with van der Waals surface area (Å²) in [6.45, 7) is 1.99. The molecule has 1 aromatic heterocycles. The number of hydrogen-bond donors (Lipinski definition) is 1. The van der Waals surface area contributed by atoms with E-state index in [0.717, 1.165) is 35.5 Å². The van der Waals surface area contributed by atoms with Gasteiger partial charge in [-0.05, 0) is 36.8 Å². The van der Waals surface area contributed by atoms with Gasteiger partial charge in [0, 0.05) is 40.9 Å². The third-order valence-electron chi connectivity index (χ3n) is 4.40. The Balaban J connectivity index is 1.33. The van der Waals surface area contributed by atoms with Gasteiger partial charge in [0.15, 0.2) is 0 Å². The second-order valence-electron chi connectivity index (χ2n) is 6.04. The van der Waals surface area contributed by atoms with Crippen LogP contribution < -0.4 is 5.32 Å². The van der Waals surface area contributed by atoms with E-state index in [1.165, 1.54) is 29.2 Å². The second kappa shape index (κ2) is 6.77. The lowest BCUT2D eigenvalue weighted by molar-refractivity contribution is 0.583. The highest BCUT2D eigenvalue weighted by atomic mass is 79.9. The van der Waals surface area contributed by atoms with Gasteiger partial charge in [-0.3, -0.25) is 0 Å². The van der Waals surface area contributed by atoms with Gasteiger partial charge in [-0.15, -0.1) is 0 Å². The van der Waals surface area contributed by atoms with E-state index in [-0.39, 0.29) is 0 Å². The number of aromatic nitrogens is 2. The Labute approximate surface area is 149 Å². The van der Waals surface area contributed by atoms with Crippen LogP contribution in [0.2, 0.25) is 0 Å². The summed E-state index contributed by atoms with van der Waals surface area (Å²) >= 11 is 3.63. The van der Waals surface area contributed by atoms with Crippen LogP contribution in [0.1, 0.15) is 24.8 Å². The number of hydrogen-bond acceptors (Lipinski definition) is 3. The molecule has 2 heterocycles. The number of benzene rings is 2. The molecule has 2 aromatic carbocycles. The van der Waals surface area contributed by atoms with E-state index in [1.54, 1.807) is 0 Å². The van der Waals surface area contributed by atoms with E-state index in [9.17, 15) is 0 Å². The average Bonchev–Trinajstić information content (AvgIpc) is 3.23. The smallest absolute Gasteiger partial charge is 0.134 e. The number of nitrogens with one attached hydrogen (secondary N) is 1. The molecule has 0 spiro atoms. The zero-order chi connectivity index (χ0) is 16.4. The number of rotatable bonds is 6. The molecule has 4 nitrogen and oxygen atoms in total. The minimum absolute atomic E-state index is 0.953. The monoisotopic (exact) mass is 382 g/mol. The van der Waals surface area contributed by atoms with Gasteiger partial charge in [0.1, 0.15) is 5.84 Å². The average molecular weight is 383 g/mol. The lowest BCUT2D eigenvalue weighted by Gasteiger charge is -2.08. The lowest BCUT2D eigenvalue weighted by atomic mass is 10.0. The zero-order valence-corrected chi connectivity index (χ0v) is 15.0. The highest BCUT2D eigenvalue weighted by Crippen LogP contribution is 2.38.